The molecule has 0 radical (unpaired) electrons. The Morgan fingerprint density at radius 3 is 2.75 bits per heavy atom. The molecule has 2 aromatic carbocycles. The number of rotatable bonds is 3. The minimum atomic E-state index is -0.325. The van der Waals surface area contributed by atoms with E-state index >= 15 is 0 Å². The molecule has 0 bridgehead atoms. The standard InChI is InChI=1S/C20H18BrFN4OS/c1-12-2-3-13-10-16(21)17(11-18(13)26(9-8-23)19(12)27)25-20(28)24-15-6-4-14(22)5-7-15/h4-7,10-12H,2-3,9H2,1H3,(H2,24,25,28). The highest BCUT2D eigenvalue weighted by Gasteiger charge is 2.28. The number of nitrogens with zero attached hydrogens (tertiary/aromatic N) is 2. The third-order valence-electron chi connectivity index (χ3n) is 4.57. The van der Waals surface area contributed by atoms with Crippen molar-refractivity contribution in [1.82, 2.24) is 0 Å². The van der Waals surface area contributed by atoms with E-state index in [1.807, 2.05) is 19.1 Å². The molecular weight excluding hydrogens is 443 g/mol. The highest BCUT2D eigenvalue weighted by Crippen LogP contribution is 2.36. The van der Waals surface area contributed by atoms with Crippen LogP contribution < -0.4 is 15.5 Å². The predicted octanol–water partition coefficient (Wildman–Crippen LogP) is 4.84. The van der Waals surface area contributed by atoms with Crippen LogP contribution in [0.5, 0.6) is 0 Å². The topological polar surface area (TPSA) is 68.2 Å². The highest BCUT2D eigenvalue weighted by molar-refractivity contribution is 9.10. The Balaban J connectivity index is 1.86. The van der Waals surface area contributed by atoms with Crippen molar-refractivity contribution in [3.63, 3.8) is 0 Å². The van der Waals surface area contributed by atoms with Gasteiger partial charge in [-0.25, -0.2) is 4.39 Å². The van der Waals surface area contributed by atoms with E-state index in [9.17, 15) is 9.18 Å². The van der Waals surface area contributed by atoms with Gasteiger partial charge in [0.1, 0.15) is 12.4 Å². The van der Waals surface area contributed by atoms with Crippen LogP contribution in [0.25, 0.3) is 0 Å². The SMILES string of the molecule is CC1CCc2cc(Br)c(NC(=S)Nc3ccc(F)cc3)cc2N(CC#N)C1=O. The summed E-state index contributed by atoms with van der Waals surface area (Å²) in [6, 6.07) is 11.7. The Morgan fingerprint density at radius 2 is 2.07 bits per heavy atom. The van der Waals surface area contributed by atoms with E-state index in [1.54, 1.807) is 12.1 Å². The molecule has 1 unspecified atom stereocenters. The molecule has 0 saturated carbocycles. The first-order valence-corrected chi connectivity index (χ1v) is 9.93. The molecule has 0 fully saturated rings. The maximum atomic E-state index is 13.0. The zero-order valence-electron chi connectivity index (χ0n) is 15.1. The summed E-state index contributed by atoms with van der Waals surface area (Å²) in [7, 11) is 0. The largest absolute Gasteiger partial charge is 0.332 e. The molecule has 1 amide bonds. The number of nitriles is 1. The Hall–Kier alpha value is -2.50. The van der Waals surface area contributed by atoms with Crippen molar-refractivity contribution in [3.05, 3.63) is 52.3 Å². The molecule has 3 rings (SSSR count). The molecule has 2 aromatic rings. The van der Waals surface area contributed by atoms with Crippen LogP contribution in [0.15, 0.2) is 40.9 Å². The van der Waals surface area contributed by atoms with E-state index in [0.717, 1.165) is 22.9 Å². The number of hydrogen-bond acceptors (Lipinski definition) is 3. The van der Waals surface area contributed by atoms with Gasteiger partial charge in [0.2, 0.25) is 5.91 Å². The maximum Gasteiger partial charge on any atom is 0.230 e. The van der Waals surface area contributed by atoms with Crippen molar-refractivity contribution >= 4 is 56.2 Å². The van der Waals surface area contributed by atoms with Gasteiger partial charge in [0, 0.05) is 16.1 Å². The molecule has 5 nitrogen and oxygen atoms in total. The number of amides is 1. The molecule has 2 N–H and O–H groups in total. The van der Waals surface area contributed by atoms with E-state index in [4.69, 9.17) is 17.5 Å². The van der Waals surface area contributed by atoms with E-state index in [0.29, 0.717) is 22.2 Å². The molecule has 144 valence electrons. The fourth-order valence-corrected chi connectivity index (χ4v) is 3.80. The zero-order valence-corrected chi connectivity index (χ0v) is 17.5. The van der Waals surface area contributed by atoms with Gasteiger partial charge in [0.15, 0.2) is 5.11 Å². The molecule has 0 aromatic heterocycles. The van der Waals surface area contributed by atoms with Crippen LogP contribution in [0, 0.1) is 23.1 Å². The number of halogens is 2. The van der Waals surface area contributed by atoms with E-state index in [1.165, 1.54) is 17.0 Å². The lowest BCUT2D eigenvalue weighted by molar-refractivity contribution is -0.121. The summed E-state index contributed by atoms with van der Waals surface area (Å²) in [4.78, 5) is 14.2. The van der Waals surface area contributed by atoms with Gasteiger partial charge in [0.05, 0.1) is 17.4 Å². The van der Waals surface area contributed by atoms with Crippen LogP contribution in [-0.4, -0.2) is 17.6 Å². The van der Waals surface area contributed by atoms with Crippen LogP contribution in [-0.2, 0) is 11.2 Å². The normalized spacial score (nSPS) is 16.0. The summed E-state index contributed by atoms with van der Waals surface area (Å²) in [6.07, 6.45) is 1.48. The Bertz CT molecular complexity index is 958. The summed E-state index contributed by atoms with van der Waals surface area (Å²) >= 11 is 8.89. The van der Waals surface area contributed by atoms with Crippen LogP contribution in [0.4, 0.5) is 21.5 Å². The fraction of sp³-hybridized carbons (Fsp3) is 0.250. The van der Waals surface area contributed by atoms with Crippen LogP contribution in [0.3, 0.4) is 0 Å². The third-order valence-corrected chi connectivity index (χ3v) is 5.43. The molecule has 0 spiro atoms. The zero-order chi connectivity index (χ0) is 20.3. The monoisotopic (exact) mass is 460 g/mol. The van der Waals surface area contributed by atoms with Gasteiger partial charge >= 0.3 is 0 Å². The van der Waals surface area contributed by atoms with E-state index in [2.05, 4.69) is 32.6 Å². The van der Waals surface area contributed by atoms with Crippen molar-refractivity contribution < 1.29 is 9.18 Å². The second-order valence-corrected chi connectivity index (χ2v) is 7.83. The molecular formula is C20H18BrFN4OS. The Kier molecular flexibility index (Phi) is 6.27. The van der Waals surface area contributed by atoms with Crippen molar-refractivity contribution in [1.29, 1.82) is 5.26 Å². The van der Waals surface area contributed by atoms with Crippen molar-refractivity contribution in [2.75, 3.05) is 22.1 Å². The summed E-state index contributed by atoms with van der Waals surface area (Å²) < 4.78 is 13.8. The number of fused-ring (bicyclic) bond motifs is 1. The number of benzene rings is 2. The summed E-state index contributed by atoms with van der Waals surface area (Å²) in [5, 5.41) is 15.6. The Morgan fingerprint density at radius 1 is 1.36 bits per heavy atom. The molecule has 1 atom stereocenters. The summed E-state index contributed by atoms with van der Waals surface area (Å²) in [5.74, 6) is -0.521. The number of hydrogen-bond donors (Lipinski definition) is 2. The second kappa shape index (κ2) is 8.67. The molecule has 28 heavy (non-hydrogen) atoms. The van der Waals surface area contributed by atoms with Crippen molar-refractivity contribution in [3.8, 4) is 6.07 Å². The van der Waals surface area contributed by atoms with Gasteiger partial charge in [-0.15, -0.1) is 0 Å². The molecule has 8 heteroatoms. The number of aryl methyl sites for hydroxylation is 1. The number of anilines is 3. The molecule has 1 aliphatic rings. The first kappa shape index (κ1) is 20.2. The molecule has 1 heterocycles. The lowest BCUT2D eigenvalue weighted by atomic mass is 10.0. The molecule has 0 aliphatic carbocycles. The van der Waals surface area contributed by atoms with Gasteiger partial charge in [-0.2, -0.15) is 5.26 Å². The van der Waals surface area contributed by atoms with Gasteiger partial charge in [-0.3, -0.25) is 9.69 Å². The fourth-order valence-electron chi connectivity index (χ4n) is 3.08. The first-order valence-electron chi connectivity index (χ1n) is 8.73. The van der Waals surface area contributed by atoms with E-state index in [-0.39, 0.29) is 24.2 Å². The minimum absolute atomic E-state index is 0.00444. The van der Waals surface area contributed by atoms with Crippen molar-refractivity contribution in [2.24, 2.45) is 5.92 Å². The van der Waals surface area contributed by atoms with Crippen LogP contribution in [0.2, 0.25) is 0 Å². The van der Waals surface area contributed by atoms with Crippen LogP contribution >= 0.6 is 28.1 Å². The second-order valence-electron chi connectivity index (χ2n) is 6.57. The maximum absolute atomic E-state index is 13.0. The average molecular weight is 461 g/mol. The Labute approximate surface area is 176 Å². The summed E-state index contributed by atoms with van der Waals surface area (Å²) in [5.41, 5.74) is 3.04. The quantitative estimate of drug-likeness (QED) is 0.506. The lowest BCUT2D eigenvalue weighted by Gasteiger charge is -2.23. The first-order chi connectivity index (χ1) is 13.4. The van der Waals surface area contributed by atoms with Crippen molar-refractivity contribution in [2.45, 2.75) is 19.8 Å². The number of carbonyl (C=O) groups is 1. The smallest absolute Gasteiger partial charge is 0.230 e. The summed E-state index contributed by atoms with van der Waals surface area (Å²) in [6.45, 7) is 1.88. The van der Waals surface area contributed by atoms with Gasteiger partial charge in [0.25, 0.3) is 0 Å². The van der Waals surface area contributed by atoms with E-state index < -0.39 is 0 Å². The van der Waals surface area contributed by atoms with Gasteiger partial charge in [-0.1, -0.05) is 6.92 Å². The number of carbonyl (C=O) groups excluding carboxylic acids is 1. The van der Waals surface area contributed by atoms with Gasteiger partial charge < -0.3 is 10.6 Å². The van der Waals surface area contributed by atoms with Gasteiger partial charge in [-0.05, 0) is 83.0 Å². The third kappa shape index (κ3) is 4.49. The number of nitrogens with one attached hydrogen (secondary N) is 2. The molecule has 1 aliphatic heterocycles. The molecule has 0 saturated heterocycles. The minimum Gasteiger partial charge on any atom is -0.332 e. The highest BCUT2D eigenvalue weighted by atomic mass is 79.9. The lowest BCUT2D eigenvalue weighted by Crippen LogP contribution is -2.34. The number of thiocarbonyl (C=S) groups is 1. The van der Waals surface area contributed by atoms with Crippen LogP contribution in [0.1, 0.15) is 18.9 Å². The average Bonchev–Trinajstić information content (AvgIpc) is 2.77. The predicted molar refractivity (Wildman–Crippen MR) is 116 cm³/mol.